The minimum atomic E-state index is -5.09. The van der Waals surface area contributed by atoms with Gasteiger partial charge in [0.2, 0.25) is 0 Å². The molecule has 1 unspecified atom stereocenters. The van der Waals surface area contributed by atoms with Crippen molar-refractivity contribution in [2.24, 2.45) is 0 Å². The Labute approximate surface area is 187 Å². The molecule has 0 aromatic rings. The molecule has 0 radical (unpaired) electrons. The summed E-state index contributed by atoms with van der Waals surface area (Å²) >= 11 is 0. The van der Waals surface area contributed by atoms with E-state index in [1.165, 1.54) is 16.7 Å². The minimum absolute atomic E-state index is 0.247. The van der Waals surface area contributed by atoms with Crippen LogP contribution in [-0.4, -0.2) is 21.3 Å². The first-order valence-electron chi connectivity index (χ1n) is 10.7. The van der Waals surface area contributed by atoms with Gasteiger partial charge in [0.25, 0.3) is 0 Å². The first kappa shape index (κ1) is 30.2. The van der Waals surface area contributed by atoms with Gasteiger partial charge in [-0.05, 0) is 72.6 Å². The Hall–Kier alpha value is -0.780. The molecule has 1 atom stereocenters. The molecule has 180 valence electrons. The van der Waals surface area contributed by atoms with Crippen molar-refractivity contribution in [2.75, 3.05) is 6.61 Å². The van der Waals surface area contributed by atoms with E-state index in [4.69, 9.17) is 9.79 Å². The Bertz CT molecular complexity index is 741. The second-order valence-electron chi connectivity index (χ2n) is 7.95. The van der Waals surface area contributed by atoms with E-state index in [1.54, 1.807) is 6.08 Å². The zero-order chi connectivity index (χ0) is 23.9. The molecule has 0 aliphatic heterocycles. The van der Waals surface area contributed by atoms with E-state index in [-0.39, 0.29) is 6.61 Å². The Morgan fingerprint density at radius 3 is 1.77 bits per heavy atom. The lowest BCUT2D eigenvalue weighted by atomic mass is 10.0. The van der Waals surface area contributed by atoms with Crippen molar-refractivity contribution < 1.29 is 32.6 Å². The van der Waals surface area contributed by atoms with Gasteiger partial charge in [-0.25, -0.2) is 9.13 Å². The van der Waals surface area contributed by atoms with Crippen LogP contribution in [-0.2, 0) is 18.0 Å². The lowest BCUT2D eigenvalue weighted by Gasteiger charge is -2.12. The largest absolute Gasteiger partial charge is 0.481 e. The molecule has 0 bridgehead atoms. The Kier molecular flexibility index (Phi) is 15.5. The standard InChI is InChI=1S/C22H40O7P2/c1-6-10-22(17-18-28-31(26,27)29-30(23,24)25)16-9-15-21(5)14-8-13-20(4)12-7-11-19(2)3/h11,13,15,17H,6-10,12,14,16,18H2,1-5H3,(H,26,27)(H2,23,24,25)/b20-13+,21-15+,22-17-. The highest BCUT2D eigenvalue weighted by atomic mass is 31.3. The molecule has 9 heteroatoms. The van der Waals surface area contributed by atoms with Crippen molar-refractivity contribution >= 4 is 15.6 Å². The second-order valence-corrected chi connectivity index (χ2v) is 10.8. The summed E-state index contributed by atoms with van der Waals surface area (Å²) in [5, 5.41) is 0. The van der Waals surface area contributed by atoms with Gasteiger partial charge in [0.15, 0.2) is 0 Å². The van der Waals surface area contributed by atoms with Crippen molar-refractivity contribution in [3.8, 4) is 0 Å². The van der Waals surface area contributed by atoms with Crippen LogP contribution in [0.15, 0.2) is 46.6 Å². The average molecular weight is 479 g/mol. The maximum atomic E-state index is 11.5. The SMILES string of the molecule is CCC/C(=C/COP(=O)(O)OP(=O)(O)O)CC/C=C(\C)CC/C=C(\C)CCC=C(C)C. The summed E-state index contributed by atoms with van der Waals surface area (Å²) in [5.41, 5.74) is 5.17. The summed E-state index contributed by atoms with van der Waals surface area (Å²) in [5.74, 6) is 0. The number of phosphoric ester groups is 1. The van der Waals surface area contributed by atoms with Gasteiger partial charge in [-0.2, -0.15) is 4.31 Å². The summed E-state index contributed by atoms with van der Waals surface area (Å²) in [7, 11) is -9.88. The van der Waals surface area contributed by atoms with Crippen molar-refractivity contribution in [3.63, 3.8) is 0 Å². The van der Waals surface area contributed by atoms with Gasteiger partial charge < -0.3 is 14.7 Å². The normalized spacial score (nSPS) is 15.7. The highest BCUT2D eigenvalue weighted by Gasteiger charge is 2.31. The van der Waals surface area contributed by atoms with Gasteiger partial charge in [-0.1, -0.05) is 59.9 Å². The van der Waals surface area contributed by atoms with Gasteiger partial charge >= 0.3 is 15.6 Å². The Morgan fingerprint density at radius 1 is 0.774 bits per heavy atom. The number of allylic oxidation sites excluding steroid dienone is 7. The maximum absolute atomic E-state index is 11.5. The van der Waals surface area contributed by atoms with E-state index in [0.29, 0.717) is 0 Å². The van der Waals surface area contributed by atoms with E-state index in [2.05, 4.69) is 54.8 Å². The van der Waals surface area contributed by atoms with Crippen LogP contribution in [0.5, 0.6) is 0 Å². The summed E-state index contributed by atoms with van der Waals surface area (Å²) in [6.07, 6.45) is 16.1. The highest BCUT2D eigenvalue weighted by molar-refractivity contribution is 7.60. The monoisotopic (exact) mass is 478 g/mol. The van der Waals surface area contributed by atoms with Crippen LogP contribution < -0.4 is 0 Å². The molecule has 0 fully saturated rings. The fraction of sp³-hybridized carbons (Fsp3) is 0.636. The molecule has 0 aliphatic carbocycles. The topological polar surface area (TPSA) is 113 Å². The van der Waals surface area contributed by atoms with Crippen molar-refractivity contribution in [1.82, 2.24) is 0 Å². The third-order valence-electron chi connectivity index (χ3n) is 4.47. The molecular weight excluding hydrogens is 438 g/mol. The fourth-order valence-electron chi connectivity index (χ4n) is 2.90. The van der Waals surface area contributed by atoms with E-state index in [0.717, 1.165) is 56.9 Å². The van der Waals surface area contributed by atoms with E-state index < -0.39 is 15.6 Å². The third-order valence-corrected chi connectivity index (χ3v) is 6.62. The van der Waals surface area contributed by atoms with Crippen LogP contribution in [0.1, 0.15) is 86.0 Å². The summed E-state index contributed by atoms with van der Waals surface area (Å²) < 4.78 is 30.5. The molecule has 0 aliphatic rings. The predicted octanol–water partition coefficient (Wildman–Crippen LogP) is 7.14. The molecule has 0 saturated carbocycles. The molecule has 3 N–H and O–H groups in total. The molecule has 0 aromatic carbocycles. The molecular formula is C22H40O7P2. The Morgan fingerprint density at radius 2 is 1.29 bits per heavy atom. The van der Waals surface area contributed by atoms with E-state index in [9.17, 15) is 14.0 Å². The van der Waals surface area contributed by atoms with Crippen LogP contribution >= 0.6 is 15.6 Å². The molecule has 0 aromatic heterocycles. The summed E-state index contributed by atoms with van der Waals surface area (Å²) in [6, 6.07) is 0. The van der Waals surface area contributed by atoms with Crippen molar-refractivity contribution in [1.29, 1.82) is 0 Å². The van der Waals surface area contributed by atoms with Crippen molar-refractivity contribution in [2.45, 2.75) is 86.0 Å². The molecule has 0 heterocycles. The van der Waals surface area contributed by atoms with Crippen LogP contribution in [0.4, 0.5) is 0 Å². The van der Waals surface area contributed by atoms with Crippen LogP contribution in [0.2, 0.25) is 0 Å². The smallest absolute Gasteiger partial charge is 0.302 e. The minimum Gasteiger partial charge on any atom is -0.302 e. The quantitative estimate of drug-likeness (QED) is 0.160. The second kappa shape index (κ2) is 15.9. The lowest BCUT2D eigenvalue weighted by Crippen LogP contribution is -1.95. The first-order chi connectivity index (χ1) is 14.3. The summed E-state index contributed by atoms with van der Waals surface area (Å²) in [6.45, 7) is 10.3. The zero-order valence-corrected chi connectivity index (χ0v) is 21.3. The van der Waals surface area contributed by atoms with Crippen LogP contribution in [0.25, 0.3) is 0 Å². The predicted molar refractivity (Wildman–Crippen MR) is 127 cm³/mol. The number of hydrogen-bond donors (Lipinski definition) is 3. The maximum Gasteiger partial charge on any atom is 0.481 e. The zero-order valence-electron chi connectivity index (χ0n) is 19.5. The molecule has 31 heavy (non-hydrogen) atoms. The molecule has 7 nitrogen and oxygen atoms in total. The van der Waals surface area contributed by atoms with E-state index >= 15 is 0 Å². The van der Waals surface area contributed by atoms with Gasteiger partial charge in [-0.15, -0.1) is 0 Å². The molecule has 0 rings (SSSR count). The van der Waals surface area contributed by atoms with Gasteiger partial charge in [0.05, 0.1) is 6.61 Å². The molecule has 0 amide bonds. The van der Waals surface area contributed by atoms with Crippen LogP contribution in [0.3, 0.4) is 0 Å². The van der Waals surface area contributed by atoms with Gasteiger partial charge in [0.1, 0.15) is 0 Å². The highest BCUT2D eigenvalue weighted by Crippen LogP contribution is 2.57. The average Bonchev–Trinajstić information content (AvgIpc) is 2.59. The number of hydrogen-bond acceptors (Lipinski definition) is 4. The third kappa shape index (κ3) is 19.6. The van der Waals surface area contributed by atoms with Crippen molar-refractivity contribution in [3.05, 3.63) is 46.6 Å². The van der Waals surface area contributed by atoms with Gasteiger partial charge in [0, 0.05) is 0 Å². The lowest BCUT2D eigenvalue weighted by molar-refractivity contribution is 0.191. The number of rotatable bonds is 16. The first-order valence-corrected chi connectivity index (χ1v) is 13.7. The molecule has 0 spiro atoms. The fourth-order valence-corrected chi connectivity index (χ4v) is 4.43. The molecule has 0 saturated heterocycles. The van der Waals surface area contributed by atoms with Gasteiger partial charge in [-0.3, -0.25) is 4.52 Å². The van der Waals surface area contributed by atoms with E-state index in [1.807, 2.05) is 6.92 Å². The van der Waals surface area contributed by atoms with Crippen LogP contribution in [0, 0.1) is 0 Å². The summed E-state index contributed by atoms with van der Waals surface area (Å²) in [4.78, 5) is 26.5. The Balaban J connectivity index is 4.48. The number of phosphoric acid groups is 2.